The Bertz CT molecular complexity index is 966. The van der Waals surface area contributed by atoms with E-state index in [0.29, 0.717) is 5.56 Å². The number of aromatic amines is 1. The Morgan fingerprint density at radius 2 is 1.26 bits per heavy atom. The van der Waals surface area contributed by atoms with Crippen molar-refractivity contribution in [1.82, 2.24) is 4.98 Å². The molecular weight excluding hydrogens is 282 g/mol. The minimum absolute atomic E-state index is 0.716. The summed E-state index contributed by atoms with van der Waals surface area (Å²) >= 11 is 0. The Balaban J connectivity index is 1.81. The third-order valence-electron chi connectivity index (χ3n) is 4.14. The van der Waals surface area contributed by atoms with E-state index < -0.39 is 0 Å². The van der Waals surface area contributed by atoms with Crippen molar-refractivity contribution in [3.8, 4) is 22.4 Å². The molecule has 0 atom stereocenters. The lowest BCUT2D eigenvalue weighted by Crippen LogP contribution is -1.85. The molecule has 0 spiro atoms. The highest BCUT2D eigenvalue weighted by molar-refractivity contribution is 6.04. The van der Waals surface area contributed by atoms with E-state index >= 15 is 0 Å². The molecule has 0 saturated heterocycles. The van der Waals surface area contributed by atoms with Crippen molar-refractivity contribution >= 4 is 17.2 Å². The van der Waals surface area contributed by atoms with Crippen molar-refractivity contribution in [1.29, 1.82) is 0 Å². The average molecular weight is 297 g/mol. The molecule has 0 aliphatic carbocycles. The van der Waals surface area contributed by atoms with Crippen LogP contribution in [-0.2, 0) is 0 Å². The largest absolute Gasteiger partial charge is 0.354 e. The molecule has 23 heavy (non-hydrogen) atoms. The van der Waals surface area contributed by atoms with E-state index in [1.54, 1.807) is 0 Å². The van der Waals surface area contributed by atoms with Crippen LogP contribution in [0.3, 0.4) is 0 Å². The van der Waals surface area contributed by atoms with E-state index in [9.17, 15) is 4.79 Å². The van der Waals surface area contributed by atoms with Crippen molar-refractivity contribution in [2.75, 3.05) is 0 Å². The summed E-state index contributed by atoms with van der Waals surface area (Å²) in [6.45, 7) is 0. The summed E-state index contributed by atoms with van der Waals surface area (Å²) in [4.78, 5) is 14.9. The topological polar surface area (TPSA) is 32.9 Å². The third kappa shape index (κ3) is 2.34. The SMILES string of the molecule is O=Cc1c(-c2ccc(-c3ccccc3)cc2)[nH]c2ccccc12. The molecular formula is C21H15NO. The van der Waals surface area contributed by atoms with Crippen molar-refractivity contribution in [2.24, 2.45) is 0 Å². The Labute approximate surface area is 134 Å². The zero-order valence-corrected chi connectivity index (χ0v) is 12.5. The zero-order valence-electron chi connectivity index (χ0n) is 12.5. The molecule has 1 heterocycles. The summed E-state index contributed by atoms with van der Waals surface area (Å²) in [6, 6.07) is 26.4. The number of hydrogen-bond donors (Lipinski definition) is 1. The van der Waals surface area contributed by atoms with Crippen molar-refractivity contribution in [3.63, 3.8) is 0 Å². The second-order valence-electron chi connectivity index (χ2n) is 5.52. The van der Waals surface area contributed by atoms with Crippen LogP contribution in [0.5, 0.6) is 0 Å². The summed E-state index contributed by atoms with van der Waals surface area (Å²) in [5, 5.41) is 0.963. The first-order chi connectivity index (χ1) is 11.4. The molecule has 0 fully saturated rings. The number of fused-ring (bicyclic) bond motifs is 1. The van der Waals surface area contributed by atoms with Gasteiger partial charge in [0.05, 0.1) is 5.69 Å². The second kappa shape index (κ2) is 5.58. The summed E-state index contributed by atoms with van der Waals surface area (Å²) in [7, 11) is 0. The van der Waals surface area contributed by atoms with Gasteiger partial charge in [-0.15, -0.1) is 0 Å². The first-order valence-corrected chi connectivity index (χ1v) is 7.58. The van der Waals surface area contributed by atoms with E-state index in [1.165, 1.54) is 5.56 Å². The number of nitrogens with one attached hydrogen (secondary N) is 1. The van der Waals surface area contributed by atoms with Crippen LogP contribution in [-0.4, -0.2) is 11.3 Å². The fourth-order valence-electron chi connectivity index (χ4n) is 2.97. The number of rotatable bonds is 3. The van der Waals surface area contributed by atoms with E-state index in [-0.39, 0.29) is 0 Å². The summed E-state index contributed by atoms with van der Waals surface area (Å²) < 4.78 is 0. The molecule has 0 aliphatic heterocycles. The third-order valence-corrected chi connectivity index (χ3v) is 4.14. The Kier molecular flexibility index (Phi) is 3.28. The zero-order chi connectivity index (χ0) is 15.6. The molecule has 2 heteroatoms. The lowest BCUT2D eigenvalue weighted by molar-refractivity contribution is 0.112. The van der Waals surface area contributed by atoms with E-state index in [4.69, 9.17) is 0 Å². The Morgan fingerprint density at radius 3 is 2.00 bits per heavy atom. The van der Waals surface area contributed by atoms with Gasteiger partial charge in [-0.1, -0.05) is 72.8 Å². The van der Waals surface area contributed by atoms with Gasteiger partial charge in [-0.3, -0.25) is 4.79 Å². The number of carbonyl (C=O) groups is 1. The number of hydrogen-bond acceptors (Lipinski definition) is 1. The Hall–Kier alpha value is -3.13. The maximum absolute atomic E-state index is 11.5. The maximum Gasteiger partial charge on any atom is 0.152 e. The summed E-state index contributed by atoms with van der Waals surface area (Å²) in [5.41, 5.74) is 5.94. The Morgan fingerprint density at radius 1 is 0.652 bits per heavy atom. The predicted octanol–water partition coefficient (Wildman–Crippen LogP) is 5.31. The maximum atomic E-state index is 11.5. The van der Waals surface area contributed by atoms with Gasteiger partial charge < -0.3 is 4.98 Å². The second-order valence-corrected chi connectivity index (χ2v) is 5.52. The monoisotopic (exact) mass is 297 g/mol. The fourth-order valence-corrected chi connectivity index (χ4v) is 2.97. The van der Waals surface area contributed by atoms with E-state index in [0.717, 1.165) is 34.0 Å². The van der Waals surface area contributed by atoms with E-state index in [2.05, 4.69) is 41.4 Å². The number of benzene rings is 3. The van der Waals surface area contributed by atoms with Crippen LogP contribution in [0.25, 0.3) is 33.3 Å². The number of carbonyl (C=O) groups excluding carboxylic acids is 1. The molecule has 2 nitrogen and oxygen atoms in total. The molecule has 1 N–H and O–H groups in total. The average Bonchev–Trinajstić information content (AvgIpc) is 3.01. The van der Waals surface area contributed by atoms with Gasteiger partial charge in [-0.05, 0) is 22.8 Å². The number of H-pyrrole nitrogens is 1. The molecule has 0 amide bonds. The molecule has 110 valence electrons. The fraction of sp³-hybridized carbons (Fsp3) is 0. The summed E-state index contributed by atoms with van der Waals surface area (Å²) in [6.07, 6.45) is 0.930. The van der Waals surface area contributed by atoms with Crippen LogP contribution in [0.15, 0.2) is 78.9 Å². The summed E-state index contributed by atoms with van der Waals surface area (Å²) in [5.74, 6) is 0. The smallest absolute Gasteiger partial charge is 0.152 e. The molecule has 0 bridgehead atoms. The molecule has 0 radical (unpaired) electrons. The van der Waals surface area contributed by atoms with Gasteiger partial charge in [-0.2, -0.15) is 0 Å². The van der Waals surface area contributed by atoms with Gasteiger partial charge in [0.25, 0.3) is 0 Å². The molecule has 4 aromatic rings. The molecule has 1 aromatic heterocycles. The van der Waals surface area contributed by atoms with Gasteiger partial charge in [0.2, 0.25) is 0 Å². The molecule has 0 aliphatic rings. The van der Waals surface area contributed by atoms with Gasteiger partial charge in [-0.25, -0.2) is 0 Å². The van der Waals surface area contributed by atoms with Crippen LogP contribution < -0.4 is 0 Å². The van der Waals surface area contributed by atoms with Crippen LogP contribution in [0.1, 0.15) is 10.4 Å². The highest BCUT2D eigenvalue weighted by atomic mass is 16.1. The molecule has 4 rings (SSSR count). The van der Waals surface area contributed by atoms with Crippen molar-refractivity contribution < 1.29 is 4.79 Å². The highest BCUT2D eigenvalue weighted by Crippen LogP contribution is 2.30. The van der Waals surface area contributed by atoms with Crippen LogP contribution in [0.4, 0.5) is 0 Å². The van der Waals surface area contributed by atoms with Gasteiger partial charge in [0.1, 0.15) is 0 Å². The minimum atomic E-state index is 0.716. The van der Waals surface area contributed by atoms with Crippen LogP contribution in [0.2, 0.25) is 0 Å². The minimum Gasteiger partial charge on any atom is -0.354 e. The van der Waals surface area contributed by atoms with Crippen LogP contribution in [0, 0.1) is 0 Å². The number of aldehydes is 1. The molecule has 0 unspecified atom stereocenters. The number of aromatic nitrogens is 1. The van der Waals surface area contributed by atoms with Crippen molar-refractivity contribution in [2.45, 2.75) is 0 Å². The predicted molar refractivity (Wildman–Crippen MR) is 94.6 cm³/mol. The van der Waals surface area contributed by atoms with Crippen LogP contribution >= 0.6 is 0 Å². The first-order valence-electron chi connectivity index (χ1n) is 7.58. The quantitative estimate of drug-likeness (QED) is 0.510. The van der Waals surface area contributed by atoms with E-state index in [1.807, 2.05) is 42.5 Å². The van der Waals surface area contributed by atoms with Gasteiger partial charge >= 0.3 is 0 Å². The molecule has 0 saturated carbocycles. The molecule has 3 aromatic carbocycles. The highest BCUT2D eigenvalue weighted by Gasteiger charge is 2.12. The normalized spacial score (nSPS) is 10.8. The van der Waals surface area contributed by atoms with Crippen molar-refractivity contribution in [3.05, 3.63) is 84.4 Å². The van der Waals surface area contributed by atoms with Gasteiger partial charge in [0.15, 0.2) is 6.29 Å². The first kappa shape index (κ1) is 13.5. The van der Waals surface area contributed by atoms with Gasteiger partial charge in [0, 0.05) is 16.5 Å². The number of para-hydroxylation sites is 1. The standard InChI is InChI=1S/C21H15NO/c23-14-19-18-8-4-5-9-20(18)22-21(19)17-12-10-16(11-13-17)15-6-2-1-3-7-15/h1-14,22H. The lowest BCUT2D eigenvalue weighted by atomic mass is 10.0. The lowest BCUT2D eigenvalue weighted by Gasteiger charge is -2.04.